The highest BCUT2D eigenvalue weighted by Gasteiger charge is 2.05. The van der Waals surface area contributed by atoms with Crippen LogP contribution in [0.3, 0.4) is 0 Å². The molecule has 1 atom stereocenters. The van der Waals surface area contributed by atoms with E-state index < -0.39 is 0 Å². The lowest BCUT2D eigenvalue weighted by molar-refractivity contribution is 0.230. The van der Waals surface area contributed by atoms with Crippen LogP contribution in [0.15, 0.2) is 24.3 Å². The third-order valence-electron chi connectivity index (χ3n) is 2.50. The number of nitrogens with zero attached hydrogens (tertiary/aromatic N) is 1. The van der Waals surface area contributed by atoms with Gasteiger partial charge in [0.2, 0.25) is 0 Å². The van der Waals surface area contributed by atoms with Gasteiger partial charge in [-0.05, 0) is 30.9 Å². The number of hydrogen-bond donors (Lipinski definition) is 1. The molecule has 0 fully saturated rings. The fraction of sp³-hybridized carbons (Fsp3) is 0.417. The van der Waals surface area contributed by atoms with Crippen LogP contribution in [-0.2, 0) is 6.42 Å². The van der Waals surface area contributed by atoms with Crippen LogP contribution in [0, 0.1) is 5.92 Å². The van der Waals surface area contributed by atoms with E-state index in [0.717, 1.165) is 18.4 Å². The van der Waals surface area contributed by atoms with E-state index in [1.165, 1.54) is 9.71 Å². The number of para-hydroxylation sites is 1. The van der Waals surface area contributed by atoms with E-state index in [-0.39, 0.29) is 6.61 Å². The topological polar surface area (TPSA) is 33.1 Å². The monoisotopic (exact) mass is 221 g/mol. The summed E-state index contributed by atoms with van der Waals surface area (Å²) in [5.74, 6) is 0.372. The highest BCUT2D eigenvalue weighted by molar-refractivity contribution is 7.18. The third kappa shape index (κ3) is 2.55. The Hall–Kier alpha value is -0.930. The number of aromatic nitrogens is 1. The van der Waals surface area contributed by atoms with Crippen LogP contribution in [-0.4, -0.2) is 16.7 Å². The number of hydrogen-bond acceptors (Lipinski definition) is 3. The van der Waals surface area contributed by atoms with Gasteiger partial charge in [0.05, 0.1) is 15.2 Å². The van der Waals surface area contributed by atoms with Gasteiger partial charge < -0.3 is 5.11 Å². The zero-order valence-electron chi connectivity index (χ0n) is 8.81. The Bertz CT molecular complexity index is 405. The number of rotatable bonds is 4. The lowest BCUT2D eigenvalue weighted by atomic mass is 10.1. The molecule has 80 valence electrons. The van der Waals surface area contributed by atoms with Crippen molar-refractivity contribution in [1.82, 2.24) is 4.98 Å². The molecule has 0 radical (unpaired) electrons. The second kappa shape index (κ2) is 4.73. The number of thiazole rings is 1. The molecule has 0 aliphatic heterocycles. The molecule has 0 amide bonds. The average Bonchev–Trinajstić information content (AvgIpc) is 2.68. The molecule has 0 saturated heterocycles. The molecule has 0 aliphatic carbocycles. The normalized spacial score (nSPS) is 13.2. The zero-order chi connectivity index (χ0) is 10.7. The molecule has 1 N–H and O–H groups in total. The Morgan fingerprint density at radius 2 is 2.20 bits per heavy atom. The summed E-state index contributed by atoms with van der Waals surface area (Å²) in [5.41, 5.74) is 1.09. The molecule has 1 heterocycles. The molecule has 0 spiro atoms. The van der Waals surface area contributed by atoms with Crippen LogP contribution in [0.1, 0.15) is 18.4 Å². The molecule has 1 unspecified atom stereocenters. The van der Waals surface area contributed by atoms with Crippen molar-refractivity contribution in [3.05, 3.63) is 29.3 Å². The van der Waals surface area contributed by atoms with Crippen molar-refractivity contribution in [2.75, 3.05) is 6.61 Å². The molecular formula is C12H15NOS. The van der Waals surface area contributed by atoms with Gasteiger partial charge in [0.1, 0.15) is 0 Å². The van der Waals surface area contributed by atoms with Crippen molar-refractivity contribution in [3.8, 4) is 0 Å². The highest BCUT2D eigenvalue weighted by atomic mass is 32.1. The van der Waals surface area contributed by atoms with Gasteiger partial charge in [-0.2, -0.15) is 0 Å². The molecule has 1 aromatic carbocycles. The predicted octanol–water partition coefficient (Wildman–Crippen LogP) is 2.86. The van der Waals surface area contributed by atoms with Gasteiger partial charge in [-0.1, -0.05) is 19.1 Å². The number of aliphatic hydroxyl groups is 1. The van der Waals surface area contributed by atoms with E-state index in [1.54, 1.807) is 11.3 Å². The first-order chi connectivity index (χ1) is 7.29. The fourth-order valence-corrected chi connectivity index (χ4v) is 2.47. The molecule has 2 nitrogen and oxygen atoms in total. The summed E-state index contributed by atoms with van der Waals surface area (Å²) in [6, 6.07) is 8.21. The van der Waals surface area contributed by atoms with E-state index in [4.69, 9.17) is 5.11 Å². The van der Waals surface area contributed by atoms with Crippen LogP contribution in [0.2, 0.25) is 0 Å². The third-order valence-corrected chi connectivity index (χ3v) is 3.60. The molecule has 2 aromatic rings. The van der Waals surface area contributed by atoms with Gasteiger partial charge in [0, 0.05) is 6.61 Å². The van der Waals surface area contributed by atoms with Gasteiger partial charge in [0.25, 0.3) is 0 Å². The number of fused-ring (bicyclic) bond motifs is 1. The SMILES string of the molecule is CC(CO)CCc1nc2ccccc2s1. The van der Waals surface area contributed by atoms with Gasteiger partial charge in [-0.15, -0.1) is 11.3 Å². The van der Waals surface area contributed by atoms with Crippen molar-refractivity contribution in [1.29, 1.82) is 0 Å². The first kappa shape index (κ1) is 10.6. The second-order valence-corrected chi connectivity index (χ2v) is 5.02. The Balaban J connectivity index is 2.09. The lowest BCUT2D eigenvalue weighted by Gasteiger charge is -2.04. The number of aryl methyl sites for hydroxylation is 1. The van der Waals surface area contributed by atoms with Gasteiger partial charge in [-0.3, -0.25) is 0 Å². The summed E-state index contributed by atoms with van der Waals surface area (Å²) >= 11 is 1.76. The average molecular weight is 221 g/mol. The summed E-state index contributed by atoms with van der Waals surface area (Å²) in [7, 11) is 0. The molecule has 0 aliphatic rings. The Morgan fingerprint density at radius 3 is 2.93 bits per heavy atom. The highest BCUT2D eigenvalue weighted by Crippen LogP contribution is 2.23. The maximum absolute atomic E-state index is 8.94. The molecule has 2 rings (SSSR count). The Morgan fingerprint density at radius 1 is 1.40 bits per heavy atom. The van der Waals surface area contributed by atoms with Gasteiger partial charge >= 0.3 is 0 Å². The maximum atomic E-state index is 8.94. The molecule has 0 saturated carbocycles. The number of benzene rings is 1. The fourth-order valence-electron chi connectivity index (χ4n) is 1.49. The quantitative estimate of drug-likeness (QED) is 0.861. The minimum atomic E-state index is 0.269. The van der Waals surface area contributed by atoms with Crippen LogP contribution in [0.4, 0.5) is 0 Å². The summed E-state index contributed by atoms with van der Waals surface area (Å²) in [6.45, 7) is 2.33. The predicted molar refractivity (Wildman–Crippen MR) is 64.2 cm³/mol. The number of aliphatic hydroxyl groups excluding tert-OH is 1. The molecule has 3 heteroatoms. The minimum Gasteiger partial charge on any atom is -0.396 e. The van der Waals surface area contributed by atoms with Crippen LogP contribution >= 0.6 is 11.3 Å². The van der Waals surface area contributed by atoms with E-state index in [1.807, 2.05) is 18.2 Å². The van der Waals surface area contributed by atoms with Crippen molar-refractivity contribution in [3.63, 3.8) is 0 Å². The Labute approximate surface area is 93.6 Å². The summed E-state index contributed by atoms with van der Waals surface area (Å²) in [4.78, 5) is 4.56. The van der Waals surface area contributed by atoms with Crippen LogP contribution in [0.5, 0.6) is 0 Å². The smallest absolute Gasteiger partial charge is 0.0938 e. The minimum absolute atomic E-state index is 0.269. The summed E-state index contributed by atoms with van der Waals surface area (Å²) < 4.78 is 1.25. The maximum Gasteiger partial charge on any atom is 0.0938 e. The van der Waals surface area contributed by atoms with E-state index >= 15 is 0 Å². The molecular weight excluding hydrogens is 206 g/mol. The van der Waals surface area contributed by atoms with E-state index in [9.17, 15) is 0 Å². The Kier molecular flexibility index (Phi) is 3.34. The van der Waals surface area contributed by atoms with Crippen LogP contribution in [0.25, 0.3) is 10.2 Å². The van der Waals surface area contributed by atoms with E-state index in [2.05, 4.69) is 18.0 Å². The molecule has 15 heavy (non-hydrogen) atoms. The van der Waals surface area contributed by atoms with Crippen molar-refractivity contribution < 1.29 is 5.11 Å². The van der Waals surface area contributed by atoms with Crippen LogP contribution < -0.4 is 0 Å². The zero-order valence-corrected chi connectivity index (χ0v) is 9.63. The van der Waals surface area contributed by atoms with E-state index in [0.29, 0.717) is 5.92 Å². The largest absolute Gasteiger partial charge is 0.396 e. The second-order valence-electron chi connectivity index (χ2n) is 3.90. The van der Waals surface area contributed by atoms with Crippen molar-refractivity contribution >= 4 is 21.6 Å². The van der Waals surface area contributed by atoms with Gasteiger partial charge in [0.15, 0.2) is 0 Å². The lowest BCUT2D eigenvalue weighted by Crippen LogP contribution is -2.01. The first-order valence-corrected chi connectivity index (χ1v) is 6.06. The standard InChI is InChI=1S/C12H15NOS/c1-9(8-14)6-7-12-13-10-4-2-3-5-11(10)15-12/h2-5,9,14H,6-8H2,1H3. The first-order valence-electron chi connectivity index (χ1n) is 5.25. The molecule has 0 bridgehead atoms. The summed E-state index contributed by atoms with van der Waals surface area (Å²) in [6.07, 6.45) is 1.98. The molecule has 1 aromatic heterocycles. The van der Waals surface area contributed by atoms with Crippen molar-refractivity contribution in [2.24, 2.45) is 5.92 Å². The van der Waals surface area contributed by atoms with Crippen molar-refractivity contribution in [2.45, 2.75) is 19.8 Å². The summed E-state index contributed by atoms with van der Waals surface area (Å²) in [5, 5.41) is 10.1. The van der Waals surface area contributed by atoms with Gasteiger partial charge in [-0.25, -0.2) is 4.98 Å².